The Kier molecular flexibility index (Phi) is 12.1. The van der Waals surface area contributed by atoms with Crippen LogP contribution < -0.4 is 15.0 Å². The van der Waals surface area contributed by atoms with E-state index in [-0.39, 0.29) is 12.9 Å². The second-order valence-corrected chi connectivity index (χ2v) is 13.1. The van der Waals surface area contributed by atoms with E-state index in [0.717, 1.165) is 77.5 Å². The van der Waals surface area contributed by atoms with Crippen LogP contribution >= 0.6 is 11.8 Å². The average Bonchev–Trinajstić information content (AvgIpc) is 3.00. The Morgan fingerprint density at radius 1 is 0.978 bits per heavy atom. The summed E-state index contributed by atoms with van der Waals surface area (Å²) in [5.74, 6) is 1.62. The predicted octanol–water partition coefficient (Wildman–Crippen LogP) is 8.06. The smallest absolute Gasteiger partial charge is 0.416 e. The predicted molar refractivity (Wildman–Crippen MR) is 173 cm³/mol. The van der Waals surface area contributed by atoms with Crippen LogP contribution in [0.25, 0.3) is 10.9 Å². The van der Waals surface area contributed by atoms with Crippen molar-refractivity contribution in [3.8, 4) is 5.75 Å². The van der Waals surface area contributed by atoms with Crippen molar-refractivity contribution in [3.05, 3.63) is 54.2 Å². The summed E-state index contributed by atoms with van der Waals surface area (Å²) < 4.78 is 55.7. The molecule has 0 radical (unpaired) electrons. The molecule has 1 amide bonds. The van der Waals surface area contributed by atoms with Crippen molar-refractivity contribution in [2.45, 2.75) is 63.1 Å². The third-order valence-corrected chi connectivity index (χ3v) is 8.41. The number of ether oxygens (including phenoxy) is 3. The van der Waals surface area contributed by atoms with Gasteiger partial charge in [0.05, 0.1) is 16.8 Å². The molecule has 1 aromatic heterocycles. The van der Waals surface area contributed by atoms with Crippen molar-refractivity contribution in [1.29, 1.82) is 0 Å². The molecule has 0 bridgehead atoms. The summed E-state index contributed by atoms with van der Waals surface area (Å²) in [6.45, 7) is 9.04. The Hall–Kier alpha value is -3.38. The lowest BCUT2D eigenvalue weighted by Gasteiger charge is -2.37. The van der Waals surface area contributed by atoms with Crippen molar-refractivity contribution in [3.63, 3.8) is 0 Å². The SMILES string of the molecule is COCOc1cc(NCCCCCCSc2ccnc3cc(C(F)(F)F)ccc23)ccc1N1CCN(C(=O)OC(C)(C)C)CC1. The van der Waals surface area contributed by atoms with Gasteiger partial charge in [-0.2, -0.15) is 13.2 Å². The number of nitrogens with one attached hydrogen (secondary N) is 1. The minimum atomic E-state index is -4.38. The minimum absolute atomic E-state index is 0.135. The molecule has 45 heavy (non-hydrogen) atoms. The molecule has 0 aliphatic carbocycles. The summed E-state index contributed by atoms with van der Waals surface area (Å²) in [7, 11) is 1.59. The van der Waals surface area contributed by atoms with Crippen LogP contribution in [0.2, 0.25) is 0 Å². The number of aromatic nitrogens is 1. The monoisotopic (exact) mass is 648 g/mol. The quantitative estimate of drug-likeness (QED) is 0.113. The molecule has 2 heterocycles. The van der Waals surface area contributed by atoms with E-state index in [1.165, 1.54) is 6.07 Å². The van der Waals surface area contributed by atoms with Gasteiger partial charge in [-0.1, -0.05) is 18.9 Å². The fourth-order valence-corrected chi connectivity index (χ4v) is 6.05. The lowest BCUT2D eigenvalue weighted by Crippen LogP contribution is -2.50. The van der Waals surface area contributed by atoms with Crippen LogP contribution in [0.5, 0.6) is 5.75 Å². The first-order chi connectivity index (χ1) is 21.4. The topological polar surface area (TPSA) is 76.2 Å². The number of hydrogen-bond donors (Lipinski definition) is 1. The van der Waals surface area contributed by atoms with Gasteiger partial charge < -0.3 is 29.3 Å². The third kappa shape index (κ3) is 10.3. The molecule has 0 spiro atoms. The molecule has 8 nitrogen and oxygen atoms in total. The van der Waals surface area contributed by atoms with Gasteiger partial charge in [0.1, 0.15) is 11.4 Å². The normalized spacial score (nSPS) is 14.1. The first-order valence-electron chi connectivity index (χ1n) is 15.3. The second kappa shape index (κ2) is 15.8. The van der Waals surface area contributed by atoms with E-state index in [1.807, 2.05) is 45.0 Å². The number of rotatable bonds is 13. The zero-order valence-corrected chi connectivity index (χ0v) is 27.2. The maximum Gasteiger partial charge on any atom is 0.416 e. The van der Waals surface area contributed by atoms with E-state index in [9.17, 15) is 18.0 Å². The van der Waals surface area contributed by atoms with Gasteiger partial charge in [-0.25, -0.2) is 4.79 Å². The van der Waals surface area contributed by atoms with Gasteiger partial charge in [-0.15, -0.1) is 11.8 Å². The molecule has 4 rings (SSSR count). The zero-order valence-electron chi connectivity index (χ0n) is 26.4. The van der Waals surface area contributed by atoms with Gasteiger partial charge in [-0.3, -0.25) is 4.98 Å². The summed E-state index contributed by atoms with van der Waals surface area (Å²) >= 11 is 1.66. The molecule has 1 aliphatic rings. The standard InChI is InChI=1S/C33H43F3N4O4S/c1-32(2,3)44-31(41)40-18-16-39(17-19-40)28-12-10-25(22-29(28)43-23-42-4)37-14-7-5-6-8-20-45-30-13-15-38-27-21-24(33(34,35)36)9-11-26(27)30/h9-13,15,21-22,37H,5-8,14,16-20,23H2,1-4H3. The number of alkyl halides is 3. The molecule has 3 aromatic rings. The molecule has 246 valence electrons. The van der Waals surface area contributed by atoms with Gasteiger partial charge in [-0.05, 0) is 69.7 Å². The molecule has 2 aromatic carbocycles. The summed E-state index contributed by atoms with van der Waals surface area (Å²) in [5.41, 5.74) is 1.09. The average molecular weight is 649 g/mol. The zero-order chi connectivity index (χ0) is 32.5. The van der Waals surface area contributed by atoms with Crippen molar-refractivity contribution < 1.29 is 32.2 Å². The number of unbranched alkanes of at least 4 members (excludes halogenated alkanes) is 3. The number of fused-ring (bicyclic) bond motifs is 1. The number of anilines is 2. The number of benzene rings is 2. The van der Waals surface area contributed by atoms with Crippen LogP contribution in [-0.2, 0) is 15.7 Å². The largest absolute Gasteiger partial charge is 0.465 e. The van der Waals surface area contributed by atoms with Crippen LogP contribution in [0.1, 0.15) is 52.0 Å². The highest BCUT2D eigenvalue weighted by atomic mass is 32.2. The van der Waals surface area contributed by atoms with Crippen LogP contribution in [0.15, 0.2) is 53.6 Å². The molecule has 1 aliphatic heterocycles. The molecule has 0 unspecified atom stereocenters. The lowest BCUT2D eigenvalue weighted by molar-refractivity contribution is -0.137. The van der Waals surface area contributed by atoms with Gasteiger partial charge in [0.15, 0.2) is 6.79 Å². The van der Waals surface area contributed by atoms with Crippen molar-refractivity contribution in [2.75, 3.05) is 62.6 Å². The maximum atomic E-state index is 13.0. The number of hydrogen-bond acceptors (Lipinski definition) is 8. The van der Waals surface area contributed by atoms with E-state index in [2.05, 4.69) is 15.2 Å². The summed E-state index contributed by atoms with van der Waals surface area (Å²) in [5, 5.41) is 4.24. The number of amides is 1. The van der Waals surface area contributed by atoms with Crippen molar-refractivity contribution in [1.82, 2.24) is 9.88 Å². The van der Waals surface area contributed by atoms with Gasteiger partial charge >= 0.3 is 12.3 Å². The van der Waals surface area contributed by atoms with Crippen LogP contribution in [0.4, 0.5) is 29.3 Å². The lowest BCUT2D eigenvalue weighted by atomic mass is 10.1. The highest BCUT2D eigenvalue weighted by Crippen LogP contribution is 2.35. The number of methoxy groups -OCH3 is 1. The Morgan fingerprint density at radius 2 is 1.73 bits per heavy atom. The van der Waals surface area contributed by atoms with Crippen LogP contribution in [0.3, 0.4) is 0 Å². The van der Waals surface area contributed by atoms with E-state index < -0.39 is 17.3 Å². The minimum Gasteiger partial charge on any atom is -0.465 e. The highest BCUT2D eigenvalue weighted by molar-refractivity contribution is 7.99. The van der Waals surface area contributed by atoms with Crippen molar-refractivity contribution in [2.24, 2.45) is 0 Å². The first-order valence-corrected chi connectivity index (χ1v) is 16.2. The Labute approximate surface area is 267 Å². The Balaban J connectivity index is 1.19. The number of nitrogens with zero attached hydrogens (tertiary/aromatic N) is 3. The first kappa shape index (κ1) is 34.5. The number of carbonyl (C=O) groups is 1. The highest BCUT2D eigenvalue weighted by Gasteiger charge is 2.31. The third-order valence-electron chi connectivity index (χ3n) is 7.25. The Bertz CT molecular complexity index is 1410. The molecular formula is C33H43F3N4O4S. The van der Waals surface area contributed by atoms with Crippen LogP contribution in [-0.4, -0.2) is 74.0 Å². The molecule has 0 saturated carbocycles. The molecule has 12 heteroatoms. The van der Waals surface area contributed by atoms with Gasteiger partial charge in [0.25, 0.3) is 0 Å². The number of halogens is 3. The Morgan fingerprint density at radius 3 is 2.44 bits per heavy atom. The van der Waals surface area contributed by atoms with E-state index in [0.29, 0.717) is 31.7 Å². The number of carbonyl (C=O) groups excluding carboxylic acids is 1. The van der Waals surface area contributed by atoms with Gasteiger partial charge in [0, 0.05) is 68.1 Å². The molecular weight excluding hydrogens is 605 g/mol. The number of pyridine rings is 1. The van der Waals surface area contributed by atoms with E-state index in [1.54, 1.807) is 30.0 Å². The second-order valence-electron chi connectivity index (χ2n) is 11.9. The molecule has 0 atom stereocenters. The van der Waals surface area contributed by atoms with Crippen LogP contribution in [0, 0.1) is 0 Å². The fraction of sp³-hybridized carbons (Fsp3) is 0.515. The summed E-state index contributed by atoms with van der Waals surface area (Å²) in [6.07, 6.45) is 1.05. The summed E-state index contributed by atoms with van der Waals surface area (Å²) in [6, 6.07) is 11.7. The molecule has 1 saturated heterocycles. The van der Waals surface area contributed by atoms with Gasteiger partial charge in [0.2, 0.25) is 0 Å². The number of piperazine rings is 1. The summed E-state index contributed by atoms with van der Waals surface area (Å²) in [4.78, 5) is 21.5. The molecule has 1 N–H and O–H groups in total. The molecule has 1 fully saturated rings. The fourth-order valence-electron chi connectivity index (χ4n) is 5.00. The number of thioether (sulfide) groups is 1. The van der Waals surface area contributed by atoms with Crippen molar-refractivity contribution >= 4 is 40.1 Å². The van der Waals surface area contributed by atoms with E-state index >= 15 is 0 Å². The van der Waals surface area contributed by atoms with E-state index in [4.69, 9.17) is 14.2 Å². The maximum absolute atomic E-state index is 13.0.